The summed E-state index contributed by atoms with van der Waals surface area (Å²) < 4.78 is 14.9. The quantitative estimate of drug-likeness (QED) is 0.596. The number of halogens is 1. The number of aromatic carboxylic acids is 1. The van der Waals surface area contributed by atoms with Crippen LogP contribution in [-0.2, 0) is 0 Å². The fourth-order valence-corrected chi connectivity index (χ4v) is 3.43. The lowest BCUT2D eigenvalue weighted by atomic mass is 10.1. The number of carboxylic acids is 1. The third-order valence-corrected chi connectivity index (χ3v) is 4.84. The van der Waals surface area contributed by atoms with Crippen LogP contribution in [-0.4, -0.2) is 20.6 Å². The van der Waals surface area contributed by atoms with Crippen molar-refractivity contribution in [2.24, 2.45) is 0 Å². The average Bonchev–Trinajstić information content (AvgIpc) is 3.17. The summed E-state index contributed by atoms with van der Waals surface area (Å²) in [7, 11) is 0. The Balaban J connectivity index is 2.07. The molecule has 0 radical (unpaired) electrons. The van der Waals surface area contributed by atoms with Gasteiger partial charge in [0.1, 0.15) is 16.4 Å². The van der Waals surface area contributed by atoms with Crippen molar-refractivity contribution in [3.63, 3.8) is 0 Å². The summed E-state index contributed by atoms with van der Waals surface area (Å²) in [5.41, 5.74) is 0.987. The van der Waals surface area contributed by atoms with Crippen molar-refractivity contribution in [2.45, 2.75) is 0 Å². The number of pyridine rings is 1. The first-order valence-corrected chi connectivity index (χ1v) is 8.51. The summed E-state index contributed by atoms with van der Waals surface area (Å²) in [5.74, 6) is -1.71. The molecule has 0 amide bonds. The van der Waals surface area contributed by atoms with E-state index >= 15 is 0 Å². The van der Waals surface area contributed by atoms with Gasteiger partial charge in [0.25, 0.3) is 0 Å². The van der Waals surface area contributed by atoms with Gasteiger partial charge in [-0.3, -0.25) is 4.79 Å². The molecule has 5 nitrogen and oxygen atoms in total. The SMILES string of the molecule is O=C(O)c1cn(-c2ccc(F)cc2)c2cc(-c3nccs3)ccc2c1=O. The van der Waals surface area contributed by atoms with Crippen molar-refractivity contribution in [3.8, 4) is 16.3 Å². The first-order chi connectivity index (χ1) is 12.5. The molecular formula is C19H11FN2O3S. The topological polar surface area (TPSA) is 72.2 Å². The Labute approximate surface area is 150 Å². The molecule has 0 spiro atoms. The standard InChI is InChI=1S/C19H11FN2O3S/c20-12-2-4-13(5-3-12)22-10-15(19(24)25)17(23)14-6-1-11(9-16(14)22)18-21-7-8-26-18/h1-10H,(H,24,25). The van der Waals surface area contributed by atoms with E-state index in [0.717, 1.165) is 10.6 Å². The van der Waals surface area contributed by atoms with Crippen LogP contribution in [0.2, 0.25) is 0 Å². The molecular weight excluding hydrogens is 355 g/mol. The van der Waals surface area contributed by atoms with E-state index in [1.54, 1.807) is 29.0 Å². The molecule has 7 heteroatoms. The first-order valence-electron chi connectivity index (χ1n) is 7.63. The van der Waals surface area contributed by atoms with Crippen molar-refractivity contribution < 1.29 is 14.3 Å². The molecule has 2 aromatic heterocycles. The lowest BCUT2D eigenvalue weighted by Crippen LogP contribution is -2.18. The number of aromatic nitrogens is 2. The number of carboxylic acid groups (broad SMARTS) is 1. The highest BCUT2D eigenvalue weighted by atomic mass is 32.1. The summed E-state index contributed by atoms with van der Waals surface area (Å²) >= 11 is 1.46. The van der Waals surface area contributed by atoms with Crippen molar-refractivity contribution in [3.05, 3.63) is 81.8 Å². The molecule has 0 fully saturated rings. The van der Waals surface area contributed by atoms with Gasteiger partial charge in [0.05, 0.1) is 5.52 Å². The number of carbonyl (C=O) groups is 1. The molecule has 0 bridgehead atoms. The zero-order chi connectivity index (χ0) is 18.3. The molecule has 0 aliphatic heterocycles. The third-order valence-electron chi connectivity index (χ3n) is 4.02. The van der Waals surface area contributed by atoms with E-state index in [1.807, 2.05) is 5.38 Å². The zero-order valence-corrected chi connectivity index (χ0v) is 14.0. The normalized spacial score (nSPS) is 11.0. The highest BCUT2D eigenvalue weighted by Crippen LogP contribution is 2.26. The smallest absolute Gasteiger partial charge is 0.341 e. The monoisotopic (exact) mass is 366 g/mol. The maximum atomic E-state index is 13.3. The Morgan fingerprint density at radius 2 is 1.92 bits per heavy atom. The summed E-state index contributed by atoms with van der Waals surface area (Å²) in [6.07, 6.45) is 2.96. The van der Waals surface area contributed by atoms with Gasteiger partial charge in [0.2, 0.25) is 5.43 Å². The Kier molecular flexibility index (Phi) is 3.85. The van der Waals surface area contributed by atoms with Crippen molar-refractivity contribution >= 4 is 28.2 Å². The summed E-state index contributed by atoms with van der Waals surface area (Å²) in [5, 5.41) is 12.3. The predicted octanol–water partition coefficient (Wildman–Crippen LogP) is 3.95. The number of hydrogen-bond donors (Lipinski definition) is 1. The van der Waals surface area contributed by atoms with Gasteiger partial charge in [-0.1, -0.05) is 6.07 Å². The minimum Gasteiger partial charge on any atom is -0.477 e. The van der Waals surface area contributed by atoms with Gasteiger partial charge < -0.3 is 9.67 Å². The molecule has 2 aromatic carbocycles. The van der Waals surface area contributed by atoms with Crippen LogP contribution in [0.25, 0.3) is 27.2 Å². The highest BCUT2D eigenvalue weighted by molar-refractivity contribution is 7.13. The van der Waals surface area contributed by atoms with E-state index in [1.165, 1.54) is 41.8 Å². The number of fused-ring (bicyclic) bond motifs is 1. The molecule has 0 saturated carbocycles. The van der Waals surface area contributed by atoms with Crippen LogP contribution >= 0.6 is 11.3 Å². The van der Waals surface area contributed by atoms with E-state index in [4.69, 9.17) is 0 Å². The highest BCUT2D eigenvalue weighted by Gasteiger charge is 2.16. The minimum absolute atomic E-state index is 0.273. The predicted molar refractivity (Wildman–Crippen MR) is 97.6 cm³/mol. The van der Waals surface area contributed by atoms with Crippen LogP contribution in [0, 0.1) is 5.82 Å². The van der Waals surface area contributed by atoms with E-state index in [9.17, 15) is 19.1 Å². The van der Waals surface area contributed by atoms with E-state index in [2.05, 4.69) is 4.98 Å². The van der Waals surface area contributed by atoms with E-state index in [-0.39, 0.29) is 10.9 Å². The molecule has 128 valence electrons. The second-order valence-corrected chi connectivity index (χ2v) is 6.49. The lowest BCUT2D eigenvalue weighted by molar-refractivity contribution is 0.0695. The Morgan fingerprint density at radius 1 is 1.15 bits per heavy atom. The second kappa shape index (κ2) is 6.20. The van der Waals surface area contributed by atoms with Crippen molar-refractivity contribution in [2.75, 3.05) is 0 Å². The van der Waals surface area contributed by atoms with Gasteiger partial charge in [-0.15, -0.1) is 11.3 Å². The molecule has 0 aliphatic rings. The van der Waals surface area contributed by atoms with Crippen LogP contribution in [0.5, 0.6) is 0 Å². The maximum absolute atomic E-state index is 13.3. The fourth-order valence-electron chi connectivity index (χ4n) is 2.79. The summed E-state index contributed by atoms with van der Waals surface area (Å²) in [4.78, 5) is 28.3. The van der Waals surface area contributed by atoms with E-state index in [0.29, 0.717) is 11.2 Å². The van der Waals surface area contributed by atoms with Crippen molar-refractivity contribution in [1.82, 2.24) is 9.55 Å². The molecule has 4 aromatic rings. The van der Waals surface area contributed by atoms with Crippen LogP contribution in [0.15, 0.2) is 65.0 Å². The molecule has 4 rings (SSSR count). The Bertz CT molecular complexity index is 1180. The molecule has 1 N–H and O–H groups in total. The first kappa shape index (κ1) is 16.2. The number of thiazole rings is 1. The average molecular weight is 366 g/mol. The fraction of sp³-hybridized carbons (Fsp3) is 0. The molecule has 2 heterocycles. The van der Waals surface area contributed by atoms with Crippen LogP contribution in [0.1, 0.15) is 10.4 Å². The minimum atomic E-state index is -1.31. The maximum Gasteiger partial charge on any atom is 0.341 e. The molecule has 0 unspecified atom stereocenters. The molecule has 0 saturated heterocycles. The largest absolute Gasteiger partial charge is 0.477 e. The van der Waals surface area contributed by atoms with Crippen LogP contribution in [0.4, 0.5) is 4.39 Å². The van der Waals surface area contributed by atoms with Gasteiger partial charge in [-0.25, -0.2) is 14.2 Å². The van der Waals surface area contributed by atoms with Gasteiger partial charge in [0, 0.05) is 34.4 Å². The zero-order valence-electron chi connectivity index (χ0n) is 13.2. The summed E-state index contributed by atoms with van der Waals surface area (Å²) in [6, 6.07) is 10.7. The van der Waals surface area contributed by atoms with Crippen LogP contribution < -0.4 is 5.43 Å². The van der Waals surface area contributed by atoms with E-state index < -0.39 is 17.2 Å². The van der Waals surface area contributed by atoms with Gasteiger partial charge in [-0.05, 0) is 36.4 Å². The van der Waals surface area contributed by atoms with Gasteiger partial charge >= 0.3 is 5.97 Å². The van der Waals surface area contributed by atoms with Crippen LogP contribution in [0.3, 0.4) is 0 Å². The molecule has 0 aliphatic carbocycles. The second-order valence-electron chi connectivity index (χ2n) is 5.59. The molecule has 0 atom stereocenters. The number of hydrogen-bond acceptors (Lipinski definition) is 4. The number of rotatable bonds is 3. The third kappa shape index (κ3) is 2.68. The number of benzene rings is 2. The number of nitrogens with zero attached hydrogens (tertiary/aromatic N) is 2. The van der Waals surface area contributed by atoms with Gasteiger partial charge in [0.15, 0.2) is 0 Å². The van der Waals surface area contributed by atoms with Gasteiger partial charge in [-0.2, -0.15) is 0 Å². The lowest BCUT2D eigenvalue weighted by Gasteiger charge is -2.13. The Hall–Kier alpha value is -3.32. The van der Waals surface area contributed by atoms with Crippen molar-refractivity contribution in [1.29, 1.82) is 0 Å². The summed E-state index contributed by atoms with van der Waals surface area (Å²) in [6.45, 7) is 0. The Morgan fingerprint density at radius 3 is 2.58 bits per heavy atom. The molecule has 26 heavy (non-hydrogen) atoms.